The minimum absolute atomic E-state index is 0.300. The molecule has 0 radical (unpaired) electrons. The number of carbonyl (C=O) groups is 1. The Hall–Kier alpha value is -1.36. The maximum Gasteiger partial charge on any atom is 0.236 e. The highest BCUT2D eigenvalue weighted by Crippen LogP contribution is 2.25. The van der Waals surface area contributed by atoms with Crippen molar-refractivity contribution in [2.75, 3.05) is 32.7 Å². The molecule has 1 aromatic heterocycles. The van der Waals surface area contributed by atoms with E-state index in [-0.39, 0.29) is 0 Å². The second-order valence-corrected chi connectivity index (χ2v) is 5.76. The third kappa shape index (κ3) is 2.81. The molecule has 0 spiro atoms. The fraction of sp³-hybridized carbons (Fsp3) is 0.714. The maximum atomic E-state index is 12.1. The van der Waals surface area contributed by atoms with Gasteiger partial charge in [0, 0.05) is 37.4 Å². The van der Waals surface area contributed by atoms with E-state index >= 15 is 0 Å². The van der Waals surface area contributed by atoms with Gasteiger partial charge in [0.1, 0.15) is 5.82 Å². The summed E-state index contributed by atoms with van der Waals surface area (Å²) in [5.74, 6) is 1.84. The SMILES string of the molecule is Cc1cnc([C@@H]2CCN(CC(=O)N3CCCC3)C2)[nH]1. The van der Waals surface area contributed by atoms with E-state index in [0.717, 1.165) is 44.1 Å². The summed E-state index contributed by atoms with van der Waals surface area (Å²) in [7, 11) is 0. The van der Waals surface area contributed by atoms with Crippen molar-refractivity contribution in [3.05, 3.63) is 17.7 Å². The third-order valence-electron chi connectivity index (χ3n) is 4.20. The van der Waals surface area contributed by atoms with Crippen LogP contribution in [0.5, 0.6) is 0 Å². The number of nitrogens with one attached hydrogen (secondary N) is 1. The first kappa shape index (κ1) is 12.7. The van der Waals surface area contributed by atoms with E-state index in [9.17, 15) is 4.79 Å². The van der Waals surface area contributed by atoms with Crippen LogP contribution in [0.3, 0.4) is 0 Å². The predicted molar refractivity (Wildman–Crippen MR) is 72.9 cm³/mol. The quantitative estimate of drug-likeness (QED) is 0.888. The Kier molecular flexibility index (Phi) is 3.55. The molecule has 2 saturated heterocycles. The van der Waals surface area contributed by atoms with Gasteiger partial charge in [-0.05, 0) is 32.7 Å². The van der Waals surface area contributed by atoms with Crippen LogP contribution in [-0.4, -0.2) is 58.4 Å². The van der Waals surface area contributed by atoms with E-state index < -0.39 is 0 Å². The molecule has 0 bridgehead atoms. The zero-order chi connectivity index (χ0) is 13.2. The number of aromatic nitrogens is 2. The summed E-state index contributed by atoms with van der Waals surface area (Å²) in [6.07, 6.45) is 5.31. The molecule has 0 aliphatic carbocycles. The van der Waals surface area contributed by atoms with Gasteiger partial charge in [-0.1, -0.05) is 0 Å². The Morgan fingerprint density at radius 3 is 2.89 bits per heavy atom. The third-order valence-corrected chi connectivity index (χ3v) is 4.20. The lowest BCUT2D eigenvalue weighted by Gasteiger charge is -2.20. The first-order valence-corrected chi connectivity index (χ1v) is 7.24. The van der Waals surface area contributed by atoms with Gasteiger partial charge < -0.3 is 9.88 Å². The summed E-state index contributed by atoms with van der Waals surface area (Å²) in [6, 6.07) is 0. The molecule has 19 heavy (non-hydrogen) atoms. The first-order chi connectivity index (χ1) is 9.22. The van der Waals surface area contributed by atoms with E-state index in [0.29, 0.717) is 18.4 Å². The Morgan fingerprint density at radius 2 is 2.21 bits per heavy atom. The summed E-state index contributed by atoms with van der Waals surface area (Å²) in [4.78, 5) is 24.1. The maximum absolute atomic E-state index is 12.1. The summed E-state index contributed by atoms with van der Waals surface area (Å²) in [5.41, 5.74) is 1.11. The average Bonchev–Trinajstić information content (AvgIpc) is 3.07. The molecule has 2 aliphatic heterocycles. The van der Waals surface area contributed by atoms with Crippen LogP contribution < -0.4 is 0 Å². The van der Waals surface area contributed by atoms with Crippen molar-refractivity contribution < 1.29 is 4.79 Å². The molecular weight excluding hydrogens is 240 g/mol. The second kappa shape index (κ2) is 5.33. The molecule has 3 heterocycles. The fourth-order valence-corrected chi connectivity index (χ4v) is 3.10. The minimum Gasteiger partial charge on any atom is -0.346 e. The number of hydrogen-bond acceptors (Lipinski definition) is 3. The van der Waals surface area contributed by atoms with Gasteiger partial charge in [-0.15, -0.1) is 0 Å². The number of likely N-dealkylation sites (tertiary alicyclic amines) is 2. The van der Waals surface area contributed by atoms with E-state index in [2.05, 4.69) is 14.9 Å². The molecule has 104 valence electrons. The molecule has 0 saturated carbocycles. The lowest BCUT2D eigenvalue weighted by molar-refractivity contribution is -0.131. The van der Waals surface area contributed by atoms with Crippen molar-refractivity contribution in [1.29, 1.82) is 0 Å². The number of imidazole rings is 1. The Labute approximate surface area is 114 Å². The molecule has 2 fully saturated rings. The highest BCUT2D eigenvalue weighted by Gasteiger charge is 2.28. The number of H-pyrrole nitrogens is 1. The van der Waals surface area contributed by atoms with Gasteiger partial charge in [0.25, 0.3) is 0 Å². The number of nitrogens with zero attached hydrogens (tertiary/aromatic N) is 3. The van der Waals surface area contributed by atoms with Crippen molar-refractivity contribution >= 4 is 5.91 Å². The molecule has 0 unspecified atom stereocenters. The van der Waals surface area contributed by atoms with E-state index in [1.165, 1.54) is 12.8 Å². The molecule has 5 nitrogen and oxygen atoms in total. The van der Waals surface area contributed by atoms with Crippen LogP contribution in [-0.2, 0) is 4.79 Å². The first-order valence-electron chi connectivity index (χ1n) is 7.24. The number of amides is 1. The highest BCUT2D eigenvalue weighted by molar-refractivity contribution is 5.78. The predicted octanol–water partition coefficient (Wildman–Crippen LogP) is 1.13. The van der Waals surface area contributed by atoms with Crippen molar-refractivity contribution in [2.45, 2.75) is 32.1 Å². The molecule has 1 N–H and O–H groups in total. The normalized spacial score (nSPS) is 24.3. The van der Waals surface area contributed by atoms with Crippen LogP contribution >= 0.6 is 0 Å². The monoisotopic (exact) mass is 262 g/mol. The lowest BCUT2D eigenvalue weighted by atomic mass is 10.1. The van der Waals surface area contributed by atoms with E-state index in [1.807, 2.05) is 18.0 Å². The average molecular weight is 262 g/mol. The molecule has 1 aromatic rings. The van der Waals surface area contributed by atoms with E-state index in [4.69, 9.17) is 0 Å². The van der Waals surface area contributed by atoms with Crippen LogP contribution in [0.25, 0.3) is 0 Å². The molecule has 1 amide bonds. The summed E-state index contributed by atoms with van der Waals surface area (Å²) >= 11 is 0. The van der Waals surface area contributed by atoms with Crippen molar-refractivity contribution in [3.63, 3.8) is 0 Å². The van der Waals surface area contributed by atoms with Crippen LogP contribution in [0.2, 0.25) is 0 Å². The van der Waals surface area contributed by atoms with Crippen molar-refractivity contribution in [3.8, 4) is 0 Å². The highest BCUT2D eigenvalue weighted by atomic mass is 16.2. The molecule has 0 aromatic carbocycles. The summed E-state index contributed by atoms with van der Waals surface area (Å²) in [5, 5.41) is 0. The molecular formula is C14H22N4O. The topological polar surface area (TPSA) is 52.2 Å². The van der Waals surface area contributed by atoms with Gasteiger partial charge in [-0.25, -0.2) is 4.98 Å². The van der Waals surface area contributed by atoms with Crippen LogP contribution in [0.4, 0.5) is 0 Å². The van der Waals surface area contributed by atoms with Crippen LogP contribution in [0.15, 0.2) is 6.20 Å². The summed E-state index contributed by atoms with van der Waals surface area (Å²) in [6.45, 7) is 6.47. The standard InChI is InChI=1S/C14H22N4O/c1-11-8-15-14(16-11)12-4-7-17(9-12)10-13(19)18-5-2-3-6-18/h8,12H,2-7,9-10H2,1H3,(H,15,16)/t12-/m1/s1. The smallest absolute Gasteiger partial charge is 0.236 e. The number of rotatable bonds is 3. The molecule has 3 rings (SSSR count). The second-order valence-electron chi connectivity index (χ2n) is 5.76. The van der Waals surface area contributed by atoms with Crippen LogP contribution in [0.1, 0.15) is 36.7 Å². The Balaban J connectivity index is 1.52. The Bertz CT molecular complexity index is 450. The largest absolute Gasteiger partial charge is 0.346 e. The van der Waals surface area contributed by atoms with Crippen LogP contribution in [0, 0.1) is 6.92 Å². The summed E-state index contributed by atoms with van der Waals surface area (Å²) < 4.78 is 0. The zero-order valence-corrected chi connectivity index (χ0v) is 11.6. The van der Waals surface area contributed by atoms with Gasteiger partial charge in [-0.3, -0.25) is 9.69 Å². The zero-order valence-electron chi connectivity index (χ0n) is 11.6. The van der Waals surface area contributed by atoms with Crippen molar-refractivity contribution in [2.24, 2.45) is 0 Å². The number of carbonyl (C=O) groups excluding carboxylic acids is 1. The number of aryl methyl sites for hydroxylation is 1. The van der Waals surface area contributed by atoms with Gasteiger partial charge in [0.2, 0.25) is 5.91 Å². The van der Waals surface area contributed by atoms with Gasteiger partial charge in [-0.2, -0.15) is 0 Å². The molecule has 2 aliphatic rings. The lowest BCUT2D eigenvalue weighted by Crippen LogP contribution is -2.37. The number of aromatic amines is 1. The van der Waals surface area contributed by atoms with Gasteiger partial charge >= 0.3 is 0 Å². The number of hydrogen-bond donors (Lipinski definition) is 1. The minimum atomic E-state index is 0.300. The van der Waals surface area contributed by atoms with Crippen molar-refractivity contribution in [1.82, 2.24) is 19.8 Å². The molecule has 5 heteroatoms. The molecule has 1 atom stereocenters. The fourth-order valence-electron chi connectivity index (χ4n) is 3.10. The van der Waals surface area contributed by atoms with Gasteiger partial charge in [0.15, 0.2) is 0 Å². The van der Waals surface area contributed by atoms with Gasteiger partial charge in [0.05, 0.1) is 6.54 Å². The Morgan fingerprint density at radius 1 is 1.42 bits per heavy atom. The van der Waals surface area contributed by atoms with E-state index in [1.54, 1.807) is 0 Å².